The lowest BCUT2D eigenvalue weighted by Gasteiger charge is -2.02. The van der Waals surface area contributed by atoms with Crippen LogP contribution in [0.1, 0.15) is 34.3 Å². The minimum absolute atomic E-state index is 0.101. The molecule has 8 nitrogen and oxygen atoms in total. The maximum absolute atomic E-state index is 11.8. The third-order valence-electron chi connectivity index (χ3n) is 4.70. The lowest BCUT2D eigenvalue weighted by molar-refractivity contribution is 0.0526. The van der Waals surface area contributed by atoms with Crippen molar-refractivity contribution in [1.82, 2.24) is 4.98 Å². The van der Waals surface area contributed by atoms with Crippen LogP contribution in [-0.4, -0.2) is 23.8 Å². The van der Waals surface area contributed by atoms with E-state index < -0.39 is 0 Å². The van der Waals surface area contributed by atoms with Gasteiger partial charge in [-0.15, -0.1) is 0 Å². The van der Waals surface area contributed by atoms with Gasteiger partial charge in [0.1, 0.15) is 17.6 Å². The molecule has 0 unspecified atom stereocenters. The number of nitrogens with one attached hydrogen (secondary N) is 1. The summed E-state index contributed by atoms with van der Waals surface area (Å²) < 4.78 is 16.4. The van der Waals surface area contributed by atoms with Gasteiger partial charge < -0.3 is 13.6 Å². The monoisotopic (exact) mass is 440 g/mol. The molecule has 8 heteroatoms. The van der Waals surface area contributed by atoms with Gasteiger partial charge in [0.2, 0.25) is 11.6 Å². The Hall–Kier alpha value is -4.64. The van der Waals surface area contributed by atoms with Gasteiger partial charge in [0.15, 0.2) is 0 Å². The molecule has 1 N–H and O–H groups in total. The molecule has 164 valence electrons. The Morgan fingerprint density at radius 3 is 2.52 bits per heavy atom. The van der Waals surface area contributed by atoms with Crippen molar-refractivity contribution in [2.24, 2.45) is 5.10 Å². The molecule has 0 bridgehead atoms. The van der Waals surface area contributed by atoms with Crippen LogP contribution in [0, 0.1) is 18.3 Å². The molecule has 0 aliphatic rings. The average molecular weight is 440 g/mol. The minimum Gasteiger partial charge on any atom is -0.462 e. The molecule has 0 fully saturated rings. The number of ether oxygens (including phenoxy) is 1. The van der Waals surface area contributed by atoms with E-state index in [1.165, 1.54) is 6.21 Å². The first-order chi connectivity index (χ1) is 16.1. The van der Waals surface area contributed by atoms with E-state index in [2.05, 4.69) is 15.5 Å². The summed E-state index contributed by atoms with van der Waals surface area (Å²) >= 11 is 0. The number of carbonyl (C=O) groups is 1. The quantitative estimate of drug-likeness (QED) is 0.232. The minimum atomic E-state index is -0.364. The van der Waals surface area contributed by atoms with Gasteiger partial charge in [0.25, 0.3) is 5.88 Å². The fraction of sp³-hybridized carbons (Fsp3) is 0.120. The summed E-state index contributed by atoms with van der Waals surface area (Å²) in [7, 11) is 0. The van der Waals surface area contributed by atoms with Crippen LogP contribution in [0.25, 0.3) is 22.8 Å². The van der Waals surface area contributed by atoms with E-state index in [1.807, 2.05) is 37.3 Å². The molecule has 0 aliphatic carbocycles. The lowest BCUT2D eigenvalue weighted by Crippen LogP contribution is -2.03. The van der Waals surface area contributed by atoms with Crippen molar-refractivity contribution in [3.05, 3.63) is 83.2 Å². The number of nitrogens with zero attached hydrogens (tertiary/aromatic N) is 3. The molecule has 0 radical (unpaired) electrons. The van der Waals surface area contributed by atoms with Crippen molar-refractivity contribution < 1.29 is 18.4 Å². The maximum atomic E-state index is 11.8. The van der Waals surface area contributed by atoms with Crippen LogP contribution < -0.4 is 5.43 Å². The second kappa shape index (κ2) is 9.66. The highest BCUT2D eigenvalue weighted by Crippen LogP contribution is 2.26. The number of rotatable bonds is 7. The fourth-order valence-electron chi connectivity index (χ4n) is 3.01. The Bertz CT molecular complexity index is 1330. The van der Waals surface area contributed by atoms with E-state index in [4.69, 9.17) is 13.6 Å². The molecule has 2 aromatic heterocycles. The normalized spacial score (nSPS) is 10.8. The van der Waals surface area contributed by atoms with E-state index >= 15 is 0 Å². The molecule has 4 rings (SSSR count). The Morgan fingerprint density at radius 2 is 1.82 bits per heavy atom. The Balaban J connectivity index is 1.44. The summed E-state index contributed by atoms with van der Waals surface area (Å²) in [6, 6.07) is 20.1. The summed E-state index contributed by atoms with van der Waals surface area (Å²) in [4.78, 5) is 16.0. The van der Waals surface area contributed by atoms with Crippen molar-refractivity contribution >= 4 is 18.1 Å². The maximum Gasteiger partial charge on any atom is 0.338 e. The molecule has 0 saturated heterocycles. The van der Waals surface area contributed by atoms with E-state index in [-0.39, 0.29) is 17.5 Å². The molecule has 0 spiro atoms. The Kier molecular flexibility index (Phi) is 6.32. The van der Waals surface area contributed by atoms with Gasteiger partial charge in [-0.25, -0.2) is 10.2 Å². The zero-order chi connectivity index (χ0) is 23.2. The Morgan fingerprint density at radius 1 is 1.09 bits per heavy atom. The number of furan rings is 1. The number of aryl methyl sites for hydroxylation is 1. The third kappa shape index (κ3) is 4.99. The predicted octanol–water partition coefficient (Wildman–Crippen LogP) is 5.40. The van der Waals surface area contributed by atoms with Crippen LogP contribution in [0.4, 0.5) is 5.88 Å². The standard InChI is InChI=1S/C25H20N4O4/c1-3-31-25(30)19-10-8-17(9-11-19)22-13-12-20(32-22)15-27-29-24-21(14-26)28-23(33-24)18-6-4-16(2)5-7-18/h4-13,15,29H,3H2,1-2H3. The average Bonchev–Trinajstić information content (AvgIpc) is 3.47. The molecular formula is C25H20N4O4. The van der Waals surface area contributed by atoms with E-state index in [9.17, 15) is 10.1 Å². The second-order valence-electron chi connectivity index (χ2n) is 7.04. The van der Waals surface area contributed by atoms with Gasteiger partial charge in [0, 0.05) is 11.1 Å². The van der Waals surface area contributed by atoms with Crippen LogP contribution in [0.2, 0.25) is 0 Å². The molecule has 2 aromatic carbocycles. The second-order valence-corrected chi connectivity index (χ2v) is 7.04. The zero-order valence-electron chi connectivity index (χ0n) is 18.0. The first-order valence-electron chi connectivity index (χ1n) is 10.2. The molecule has 0 atom stereocenters. The van der Waals surface area contributed by atoms with Crippen molar-refractivity contribution in [3.8, 4) is 28.8 Å². The molecule has 0 saturated carbocycles. The number of aromatic nitrogens is 1. The molecule has 2 heterocycles. The van der Waals surface area contributed by atoms with E-state index in [1.54, 1.807) is 43.3 Å². The largest absolute Gasteiger partial charge is 0.462 e. The lowest BCUT2D eigenvalue weighted by atomic mass is 10.1. The van der Waals surface area contributed by atoms with Gasteiger partial charge >= 0.3 is 5.97 Å². The predicted molar refractivity (Wildman–Crippen MR) is 123 cm³/mol. The van der Waals surface area contributed by atoms with E-state index in [0.29, 0.717) is 29.6 Å². The molecule has 0 aliphatic heterocycles. The highest BCUT2D eigenvalue weighted by molar-refractivity contribution is 5.90. The molecule has 4 aromatic rings. The first kappa shape index (κ1) is 21.6. The van der Waals surface area contributed by atoms with Gasteiger partial charge in [-0.2, -0.15) is 15.3 Å². The van der Waals surface area contributed by atoms with Crippen molar-refractivity contribution in [1.29, 1.82) is 5.26 Å². The van der Waals surface area contributed by atoms with Crippen molar-refractivity contribution in [2.45, 2.75) is 13.8 Å². The number of hydrazone groups is 1. The van der Waals surface area contributed by atoms with Crippen LogP contribution in [0.3, 0.4) is 0 Å². The van der Waals surface area contributed by atoms with Crippen molar-refractivity contribution in [2.75, 3.05) is 12.0 Å². The number of esters is 1. The number of hydrogen-bond donors (Lipinski definition) is 1. The van der Waals surface area contributed by atoms with Gasteiger partial charge in [-0.05, 0) is 50.2 Å². The number of oxazole rings is 1. The van der Waals surface area contributed by atoms with Crippen LogP contribution in [0.15, 0.2) is 74.6 Å². The van der Waals surface area contributed by atoms with Gasteiger partial charge in [-0.3, -0.25) is 0 Å². The highest BCUT2D eigenvalue weighted by Gasteiger charge is 2.14. The molecule has 0 amide bonds. The molecular weight excluding hydrogens is 420 g/mol. The zero-order valence-corrected chi connectivity index (χ0v) is 18.0. The van der Waals surface area contributed by atoms with Gasteiger partial charge in [0.05, 0.1) is 18.4 Å². The summed E-state index contributed by atoms with van der Waals surface area (Å²) in [5, 5.41) is 13.4. The number of carbonyl (C=O) groups excluding carboxylic acids is 1. The highest BCUT2D eigenvalue weighted by atomic mass is 16.5. The number of hydrogen-bond acceptors (Lipinski definition) is 8. The summed E-state index contributed by atoms with van der Waals surface area (Å²) in [6.45, 7) is 4.08. The van der Waals surface area contributed by atoms with Crippen LogP contribution in [0.5, 0.6) is 0 Å². The summed E-state index contributed by atoms with van der Waals surface area (Å²) in [6.07, 6.45) is 1.46. The van der Waals surface area contributed by atoms with Gasteiger partial charge in [-0.1, -0.05) is 29.8 Å². The fourth-order valence-corrected chi connectivity index (χ4v) is 3.01. The third-order valence-corrected chi connectivity index (χ3v) is 4.70. The van der Waals surface area contributed by atoms with Crippen LogP contribution >= 0.6 is 0 Å². The summed E-state index contributed by atoms with van der Waals surface area (Å²) in [5.74, 6) is 1.22. The Labute approximate surface area is 190 Å². The number of anilines is 1. The first-order valence-corrected chi connectivity index (χ1v) is 10.2. The molecule has 33 heavy (non-hydrogen) atoms. The summed E-state index contributed by atoms with van der Waals surface area (Å²) in [5.41, 5.74) is 5.96. The number of benzene rings is 2. The SMILES string of the molecule is CCOC(=O)c1ccc(-c2ccc(C=NNc3oc(-c4ccc(C)cc4)nc3C#N)o2)cc1. The smallest absolute Gasteiger partial charge is 0.338 e. The number of nitriles is 1. The van der Waals surface area contributed by atoms with Crippen LogP contribution in [-0.2, 0) is 4.74 Å². The van der Waals surface area contributed by atoms with Crippen molar-refractivity contribution in [3.63, 3.8) is 0 Å². The van der Waals surface area contributed by atoms with E-state index in [0.717, 1.165) is 16.7 Å². The topological polar surface area (TPSA) is 114 Å².